The molecule has 0 aromatic heterocycles. The number of carbonyl (C=O) groups is 2. The van der Waals surface area contributed by atoms with E-state index in [1.807, 2.05) is 32.0 Å². The van der Waals surface area contributed by atoms with Gasteiger partial charge in [-0.25, -0.2) is 8.42 Å². The maximum absolute atomic E-state index is 13.3. The minimum Gasteiger partial charge on any atom is -0.325 e. The van der Waals surface area contributed by atoms with Crippen LogP contribution in [0.4, 0.5) is 11.4 Å². The van der Waals surface area contributed by atoms with Gasteiger partial charge in [0.05, 0.1) is 10.6 Å². The Labute approximate surface area is 205 Å². The smallest absolute Gasteiger partial charge is 0.244 e. The quantitative estimate of drug-likeness (QED) is 0.661. The van der Waals surface area contributed by atoms with Crippen molar-refractivity contribution in [3.63, 3.8) is 0 Å². The highest BCUT2D eigenvalue weighted by atomic mass is 32.2. The van der Waals surface area contributed by atoms with Crippen LogP contribution in [0, 0.1) is 12.8 Å². The Morgan fingerprint density at radius 2 is 1.85 bits per heavy atom. The summed E-state index contributed by atoms with van der Waals surface area (Å²) in [5.74, 6) is -0.0152. The van der Waals surface area contributed by atoms with Crippen LogP contribution < -0.4 is 10.2 Å². The molecule has 2 aliphatic heterocycles. The van der Waals surface area contributed by atoms with E-state index in [4.69, 9.17) is 0 Å². The van der Waals surface area contributed by atoms with Crippen molar-refractivity contribution in [3.8, 4) is 0 Å². The largest absolute Gasteiger partial charge is 0.325 e. The number of nitrogens with zero attached hydrogens (tertiary/aromatic N) is 2. The number of benzene rings is 2. The fraction of sp³-hybridized carbons (Fsp3) is 0.440. The van der Waals surface area contributed by atoms with E-state index in [0.717, 1.165) is 23.3 Å². The minimum absolute atomic E-state index is 0.0159. The lowest BCUT2D eigenvalue weighted by Gasteiger charge is -2.30. The Bertz CT molecular complexity index is 1190. The number of carbonyl (C=O) groups excluding carboxylic acids is 2. The number of fused-ring (bicyclic) bond motifs is 1. The molecule has 2 aliphatic rings. The lowest BCUT2D eigenvalue weighted by atomic mass is 10.0. The summed E-state index contributed by atoms with van der Waals surface area (Å²) >= 11 is 1.53. The number of thioether (sulfide) groups is 1. The summed E-state index contributed by atoms with van der Waals surface area (Å²) in [6.45, 7) is 6.84. The van der Waals surface area contributed by atoms with Crippen LogP contribution in [0.2, 0.25) is 0 Å². The van der Waals surface area contributed by atoms with Crippen LogP contribution in [0.25, 0.3) is 0 Å². The number of piperidine rings is 1. The van der Waals surface area contributed by atoms with Crippen LogP contribution in [0.1, 0.15) is 38.7 Å². The molecule has 0 saturated carbocycles. The van der Waals surface area contributed by atoms with Gasteiger partial charge in [0.2, 0.25) is 21.8 Å². The van der Waals surface area contributed by atoms with Crippen molar-refractivity contribution < 1.29 is 18.0 Å². The molecule has 2 aromatic rings. The standard InChI is InChI=1S/C25H31N3O4S2/c1-17-9-11-27(12-10-17)34(31,32)21-7-8-23-22(15-21)28(25(30)14-19(3)33-23)16-24(29)26-20-6-4-5-18(2)13-20/h4-8,13,15,17,19H,9-12,14,16H2,1-3H3,(H,26,29)/t19-/m1/s1. The van der Waals surface area contributed by atoms with E-state index in [2.05, 4.69) is 12.2 Å². The van der Waals surface area contributed by atoms with Gasteiger partial charge in [0.15, 0.2) is 0 Å². The molecule has 0 unspecified atom stereocenters. The normalized spacial score (nSPS) is 20.0. The van der Waals surface area contributed by atoms with Gasteiger partial charge in [-0.3, -0.25) is 9.59 Å². The molecule has 1 saturated heterocycles. The molecule has 2 heterocycles. The highest BCUT2D eigenvalue weighted by Gasteiger charge is 2.32. The summed E-state index contributed by atoms with van der Waals surface area (Å²) in [7, 11) is -3.68. The average Bonchev–Trinajstić information content (AvgIpc) is 2.89. The van der Waals surface area contributed by atoms with Gasteiger partial charge < -0.3 is 10.2 Å². The SMILES string of the molecule is Cc1cccc(NC(=O)CN2C(=O)C[C@@H](C)Sc3ccc(S(=O)(=O)N4CCC(C)CC4)cc32)c1. The topological polar surface area (TPSA) is 86.8 Å². The Morgan fingerprint density at radius 3 is 2.56 bits per heavy atom. The molecule has 1 atom stereocenters. The van der Waals surface area contributed by atoms with E-state index in [1.165, 1.54) is 21.0 Å². The van der Waals surface area contributed by atoms with Gasteiger partial charge in [0, 0.05) is 35.3 Å². The van der Waals surface area contributed by atoms with Gasteiger partial charge in [0.25, 0.3) is 0 Å². The third kappa shape index (κ3) is 5.47. The van der Waals surface area contributed by atoms with Crippen LogP contribution in [0.3, 0.4) is 0 Å². The van der Waals surface area contributed by atoms with Gasteiger partial charge in [-0.2, -0.15) is 4.31 Å². The van der Waals surface area contributed by atoms with Gasteiger partial charge in [-0.15, -0.1) is 11.8 Å². The fourth-order valence-corrected chi connectivity index (χ4v) is 6.92. The van der Waals surface area contributed by atoms with Gasteiger partial charge in [-0.1, -0.05) is 26.0 Å². The second kappa shape index (κ2) is 10.1. The summed E-state index contributed by atoms with van der Waals surface area (Å²) in [5, 5.41) is 2.86. The summed E-state index contributed by atoms with van der Waals surface area (Å²) < 4.78 is 28.2. The maximum Gasteiger partial charge on any atom is 0.244 e. The fourth-order valence-electron chi connectivity index (χ4n) is 4.33. The Morgan fingerprint density at radius 1 is 1.12 bits per heavy atom. The average molecular weight is 502 g/mol. The van der Waals surface area contributed by atoms with Crippen molar-refractivity contribution in [3.05, 3.63) is 48.0 Å². The molecule has 182 valence electrons. The van der Waals surface area contributed by atoms with E-state index in [1.54, 1.807) is 24.3 Å². The first-order chi connectivity index (χ1) is 16.1. The van der Waals surface area contributed by atoms with E-state index in [0.29, 0.717) is 30.4 Å². The molecule has 34 heavy (non-hydrogen) atoms. The van der Waals surface area contributed by atoms with Gasteiger partial charge >= 0.3 is 0 Å². The first-order valence-electron chi connectivity index (χ1n) is 11.6. The molecule has 0 spiro atoms. The summed E-state index contributed by atoms with van der Waals surface area (Å²) in [6, 6.07) is 12.4. The van der Waals surface area contributed by atoms with Crippen molar-refractivity contribution in [1.29, 1.82) is 0 Å². The number of rotatable bonds is 5. The number of anilines is 2. The molecule has 7 nitrogen and oxygen atoms in total. The number of nitrogens with one attached hydrogen (secondary N) is 1. The number of hydrogen-bond donors (Lipinski definition) is 1. The van der Waals surface area contributed by atoms with E-state index < -0.39 is 10.0 Å². The van der Waals surface area contributed by atoms with Gasteiger partial charge in [-0.05, 0) is 61.6 Å². The highest BCUT2D eigenvalue weighted by Crippen LogP contribution is 2.40. The number of sulfonamides is 1. The molecule has 1 N–H and O–H groups in total. The predicted molar refractivity (Wildman–Crippen MR) is 136 cm³/mol. The van der Waals surface area contributed by atoms with Crippen molar-refractivity contribution in [2.24, 2.45) is 5.92 Å². The number of amides is 2. The minimum atomic E-state index is -3.68. The van der Waals surface area contributed by atoms with E-state index >= 15 is 0 Å². The molecular formula is C25H31N3O4S2. The lowest BCUT2D eigenvalue weighted by molar-refractivity contribution is -0.121. The van der Waals surface area contributed by atoms with Crippen molar-refractivity contribution in [2.75, 3.05) is 29.9 Å². The van der Waals surface area contributed by atoms with Gasteiger partial charge in [0.1, 0.15) is 6.54 Å². The zero-order valence-electron chi connectivity index (χ0n) is 19.8. The van der Waals surface area contributed by atoms with Crippen LogP contribution >= 0.6 is 11.8 Å². The maximum atomic E-state index is 13.3. The van der Waals surface area contributed by atoms with E-state index in [9.17, 15) is 18.0 Å². The van der Waals surface area contributed by atoms with Crippen LogP contribution in [0.15, 0.2) is 52.3 Å². The highest BCUT2D eigenvalue weighted by molar-refractivity contribution is 8.00. The van der Waals surface area contributed by atoms with Crippen LogP contribution in [0.5, 0.6) is 0 Å². The number of hydrogen-bond acceptors (Lipinski definition) is 5. The second-order valence-corrected chi connectivity index (χ2v) is 12.7. The first-order valence-corrected chi connectivity index (χ1v) is 13.9. The predicted octanol–water partition coefficient (Wildman–Crippen LogP) is 4.27. The molecule has 2 amide bonds. The zero-order valence-corrected chi connectivity index (χ0v) is 21.4. The van der Waals surface area contributed by atoms with E-state index in [-0.39, 0.29) is 34.9 Å². The lowest BCUT2D eigenvalue weighted by Crippen LogP contribution is -2.39. The first kappa shape index (κ1) is 24.8. The zero-order chi connectivity index (χ0) is 24.5. The third-order valence-electron chi connectivity index (χ3n) is 6.30. The van der Waals surface area contributed by atoms with Crippen molar-refractivity contribution in [1.82, 2.24) is 4.31 Å². The molecule has 9 heteroatoms. The second-order valence-electron chi connectivity index (χ2n) is 9.25. The Balaban J connectivity index is 1.63. The Kier molecular flexibility index (Phi) is 7.35. The molecule has 4 rings (SSSR count). The van der Waals surface area contributed by atoms with Crippen LogP contribution in [-0.4, -0.2) is 49.4 Å². The molecule has 0 aliphatic carbocycles. The number of aryl methyl sites for hydroxylation is 1. The van der Waals surface area contributed by atoms with Crippen LogP contribution in [-0.2, 0) is 19.6 Å². The van der Waals surface area contributed by atoms with Crippen molar-refractivity contribution >= 4 is 45.0 Å². The summed E-state index contributed by atoms with van der Waals surface area (Å²) in [4.78, 5) is 28.3. The molecular weight excluding hydrogens is 470 g/mol. The molecule has 0 radical (unpaired) electrons. The van der Waals surface area contributed by atoms with Crippen molar-refractivity contribution in [2.45, 2.75) is 55.1 Å². The third-order valence-corrected chi connectivity index (χ3v) is 9.36. The monoisotopic (exact) mass is 501 g/mol. The Hall–Kier alpha value is -2.36. The summed E-state index contributed by atoms with van der Waals surface area (Å²) in [6.07, 6.45) is 1.94. The molecule has 2 aromatic carbocycles. The molecule has 0 bridgehead atoms. The summed E-state index contributed by atoms with van der Waals surface area (Å²) in [5.41, 5.74) is 2.15. The molecule has 1 fully saturated rings.